The predicted molar refractivity (Wildman–Crippen MR) is 104 cm³/mol. The van der Waals surface area contributed by atoms with Crippen LogP contribution in [-0.4, -0.2) is 50.1 Å². The monoisotopic (exact) mass is 403 g/mol. The fourth-order valence-electron chi connectivity index (χ4n) is 5.34. The molecule has 1 unspecified atom stereocenters. The first-order chi connectivity index (χ1) is 13.6. The summed E-state index contributed by atoms with van der Waals surface area (Å²) < 4.78 is 1.90. The summed E-state index contributed by atoms with van der Waals surface area (Å²) in [4.78, 5) is 18.3. The third-order valence-electron chi connectivity index (χ3n) is 6.90. The molecule has 2 aromatic heterocycles. The number of anilines is 1. The van der Waals surface area contributed by atoms with Crippen LogP contribution >= 0.6 is 11.3 Å². The molecule has 4 aliphatic rings. The van der Waals surface area contributed by atoms with Gasteiger partial charge in [0, 0.05) is 24.4 Å². The number of aliphatic hydroxyl groups is 1. The maximum absolute atomic E-state index is 12.7. The molecular formula is C19H27N6O2S+. The second-order valence-electron chi connectivity index (χ2n) is 8.59. The smallest absolute Gasteiger partial charge is 0.235 e. The minimum Gasteiger partial charge on any atom is -0.383 e. The number of fused-ring (bicyclic) bond motifs is 3. The van der Waals surface area contributed by atoms with Gasteiger partial charge in [-0.15, -0.1) is 16.4 Å². The largest absolute Gasteiger partial charge is 0.383 e. The van der Waals surface area contributed by atoms with Crippen molar-refractivity contribution in [3.8, 4) is 0 Å². The standard InChI is InChI=1S/C19H26N6O2S/c26-17(21-18-20-6-8-28-18)15-11-24-7-3-13(15)9-14(24)10-25-12-16(22-23-25)19(27)4-1-2-5-19/h6,8,12-15,27H,1-5,7,9-11H2,(H,20,21,26)/p+1/t13-,14+,15-/m0/s1. The highest BCUT2D eigenvalue weighted by atomic mass is 32.1. The van der Waals surface area contributed by atoms with Crippen LogP contribution in [0, 0.1) is 11.8 Å². The summed E-state index contributed by atoms with van der Waals surface area (Å²) in [6, 6.07) is 0.454. The number of rotatable bonds is 5. The number of hydrogen-bond acceptors (Lipinski definition) is 6. The van der Waals surface area contributed by atoms with E-state index in [0.717, 1.165) is 63.9 Å². The molecule has 28 heavy (non-hydrogen) atoms. The zero-order valence-electron chi connectivity index (χ0n) is 15.9. The zero-order chi connectivity index (χ0) is 19.1. The first-order valence-electron chi connectivity index (χ1n) is 10.3. The van der Waals surface area contributed by atoms with Crippen LogP contribution in [0.15, 0.2) is 17.8 Å². The Hall–Kier alpha value is -1.84. The van der Waals surface area contributed by atoms with Crippen molar-refractivity contribution in [1.82, 2.24) is 20.0 Å². The van der Waals surface area contributed by atoms with Crippen LogP contribution in [0.25, 0.3) is 0 Å². The van der Waals surface area contributed by atoms with Crippen LogP contribution in [0.1, 0.15) is 44.2 Å². The van der Waals surface area contributed by atoms with Gasteiger partial charge in [0.2, 0.25) is 5.91 Å². The lowest BCUT2D eigenvalue weighted by atomic mass is 9.75. The summed E-state index contributed by atoms with van der Waals surface area (Å²) in [5, 5.41) is 24.8. The molecule has 2 aromatic rings. The first-order valence-corrected chi connectivity index (χ1v) is 11.2. The van der Waals surface area contributed by atoms with Gasteiger partial charge in [0.05, 0.1) is 31.7 Å². The Labute approximate surface area is 168 Å². The van der Waals surface area contributed by atoms with E-state index < -0.39 is 5.60 Å². The lowest BCUT2D eigenvalue weighted by Crippen LogP contribution is -3.20. The topological polar surface area (TPSA) is 97.4 Å². The predicted octanol–water partition coefficient (Wildman–Crippen LogP) is 0.428. The van der Waals surface area contributed by atoms with Gasteiger partial charge in [-0.05, 0) is 18.8 Å². The van der Waals surface area contributed by atoms with Crippen LogP contribution in [0.5, 0.6) is 0 Å². The van der Waals surface area contributed by atoms with Gasteiger partial charge >= 0.3 is 0 Å². The number of nitrogens with zero attached hydrogens (tertiary/aromatic N) is 4. The second-order valence-corrected chi connectivity index (χ2v) is 9.49. The molecule has 1 aliphatic carbocycles. The average Bonchev–Trinajstić information content (AvgIpc) is 3.45. The lowest BCUT2D eigenvalue weighted by Gasteiger charge is -2.46. The van der Waals surface area contributed by atoms with E-state index in [1.54, 1.807) is 6.20 Å². The highest BCUT2D eigenvalue weighted by molar-refractivity contribution is 7.13. The van der Waals surface area contributed by atoms with Crippen molar-refractivity contribution >= 4 is 22.4 Å². The van der Waals surface area contributed by atoms with E-state index in [9.17, 15) is 9.90 Å². The Kier molecular flexibility index (Phi) is 4.68. The normalized spacial score (nSPS) is 31.2. The molecule has 2 bridgehead atoms. The van der Waals surface area contributed by atoms with Gasteiger partial charge in [0.1, 0.15) is 17.3 Å². The van der Waals surface area contributed by atoms with Crippen LogP contribution in [-0.2, 0) is 16.9 Å². The van der Waals surface area contributed by atoms with E-state index in [2.05, 4.69) is 20.6 Å². The summed E-state index contributed by atoms with van der Waals surface area (Å²) in [6.07, 6.45) is 9.45. The van der Waals surface area contributed by atoms with Crippen molar-refractivity contribution in [3.05, 3.63) is 23.5 Å². The number of carbonyl (C=O) groups is 1. The third kappa shape index (κ3) is 3.35. The fourth-order valence-corrected chi connectivity index (χ4v) is 5.88. The molecular weight excluding hydrogens is 376 g/mol. The molecule has 0 aromatic carbocycles. The van der Waals surface area contributed by atoms with Crippen LogP contribution < -0.4 is 10.2 Å². The summed E-state index contributed by atoms with van der Waals surface area (Å²) >= 11 is 1.46. The molecule has 3 N–H and O–H groups in total. The summed E-state index contributed by atoms with van der Waals surface area (Å²) in [6.45, 7) is 2.79. The van der Waals surface area contributed by atoms with Crippen LogP contribution in [0.2, 0.25) is 0 Å². The van der Waals surface area contributed by atoms with Crippen LogP contribution in [0.4, 0.5) is 5.13 Å². The Balaban J connectivity index is 1.22. The molecule has 4 fully saturated rings. The Morgan fingerprint density at radius 2 is 2.29 bits per heavy atom. The lowest BCUT2D eigenvalue weighted by molar-refractivity contribution is -0.945. The molecule has 5 heterocycles. The molecule has 6 rings (SSSR count). The Morgan fingerprint density at radius 1 is 1.43 bits per heavy atom. The number of nitrogens with one attached hydrogen (secondary N) is 2. The number of amides is 1. The van der Waals surface area contributed by atoms with Gasteiger partial charge < -0.3 is 15.3 Å². The Morgan fingerprint density at radius 3 is 3.00 bits per heavy atom. The maximum Gasteiger partial charge on any atom is 0.235 e. The quantitative estimate of drug-likeness (QED) is 0.673. The number of carbonyl (C=O) groups excluding carboxylic acids is 1. The van der Waals surface area contributed by atoms with Crippen molar-refractivity contribution in [3.63, 3.8) is 0 Å². The summed E-state index contributed by atoms with van der Waals surface area (Å²) in [5.74, 6) is 0.598. The SMILES string of the molecule is O=C(Nc1nccs1)[C@H]1C[NH+]2CC[C@H]1C[C@@H]2Cn1cc(C2(O)CCCC2)nn1. The summed E-state index contributed by atoms with van der Waals surface area (Å²) in [5.41, 5.74) is -0.0626. The van der Waals surface area contributed by atoms with Crippen molar-refractivity contribution in [1.29, 1.82) is 0 Å². The molecule has 4 atom stereocenters. The van der Waals surface area contributed by atoms with Gasteiger partial charge in [-0.3, -0.25) is 4.79 Å². The number of quaternary nitrogens is 1. The molecule has 3 aliphatic heterocycles. The van der Waals surface area contributed by atoms with E-state index in [1.165, 1.54) is 16.2 Å². The minimum atomic E-state index is -0.782. The highest BCUT2D eigenvalue weighted by Gasteiger charge is 2.47. The van der Waals surface area contributed by atoms with Gasteiger partial charge in [-0.25, -0.2) is 9.67 Å². The number of aromatic nitrogens is 4. The zero-order valence-corrected chi connectivity index (χ0v) is 16.7. The number of hydrogen-bond donors (Lipinski definition) is 3. The summed E-state index contributed by atoms with van der Waals surface area (Å²) in [7, 11) is 0. The molecule has 150 valence electrons. The molecule has 1 saturated carbocycles. The first kappa shape index (κ1) is 18.2. The Bertz CT molecular complexity index is 831. The van der Waals surface area contributed by atoms with E-state index in [0.29, 0.717) is 17.1 Å². The van der Waals surface area contributed by atoms with Gasteiger partial charge in [-0.1, -0.05) is 18.1 Å². The molecule has 0 radical (unpaired) electrons. The highest BCUT2D eigenvalue weighted by Crippen LogP contribution is 2.37. The maximum atomic E-state index is 12.7. The van der Waals surface area contributed by atoms with Crippen molar-refractivity contribution < 1.29 is 14.8 Å². The second kappa shape index (κ2) is 7.20. The molecule has 0 spiro atoms. The van der Waals surface area contributed by atoms with Crippen molar-refractivity contribution in [2.24, 2.45) is 11.8 Å². The average molecular weight is 404 g/mol. The van der Waals surface area contributed by atoms with E-state index in [1.807, 2.05) is 16.3 Å². The van der Waals surface area contributed by atoms with Crippen molar-refractivity contribution in [2.75, 3.05) is 18.4 Å². The third-order valence-corrected chi connectivity index (χ3v) is 7.59. The van der Waals surface area contributed by atoms with E-state index in [4.69, 9.17) is 0 Å². The molecule has 1 amide bonds. The molecule has 8 nitrogen and oxygen atoms in total. The van der Waals surface area contributed by atoms with E-state index >= 15 is 0 Å². The van der Waals surface area contributed by atoms with Crippen molar-refractivity contribution in [2.45, 2.75) is 56.7 Å². The number of piperidine rings is 3. The van der Waals surface area contributed by atoms with Gasteiger partial charge in [0.15, 0.2) is 5.13 Å². The van der Waals surface area contributed by atoms with E-state index in [-0.39, 0.29) is 11.8 Å². The number of thiazole rings is 1. The van der Waals surface area contributed by atoms with Gasteiger partial charge in [-0.2, -0.15) is 0 Å². The van der Waals surface area contributed by atoms with Gasteiger partial charge in [0.25, 0.3) is 0 Å². The molecule has 3 saturated heterocycles. The molecule has 9 heteroatoms. The minimum absolute atomic E-state index is 0.0643. The fraction of sp³-hybridized carbons (Fsp3) is 0.684. The van der Waals surface area contributed by atoms with Crippen LogP contribution in [0.3, 0.4) is 0 Å².